The summed E-state index contributed by atoms with van der Waals surface area (Å²) in [5, 5.41) is 2.83. The van der Waals surface area contributed by atoms with Crippen LogP contribution in [0.5, 0.6) is 0 Å². The summed E-state index contributed by atoms with van der Waals surface area (Å²) in [5.74, 6) is 0.0406. The predicted molar refractivity (Wildman–Crippen MR) is 114 cm³/mol. The minimum absolute atomic E-state index is 0.0202. The number of nitrogens with one attached hydrogen (secondary N) is 2. The van der Waals surface area contributed by atoms with Gasteiger partial charge in [-0.2, -0.15) is 0 Å². The average molecular weight is 417 g/mol. The topological polar surface area (TPSA) is 84.5 Å². The van der Waals surface area contributed by atoms with E-state index in [1.54, 1.807) is 36.4 Å². The Bertz CT molecular complexity index is 936. The highest BCUT2D eigenvalue weighted by Gasteiger charge is 2.21. The van der Waals surface area contributed by atoms with E-state index < -0.39 is 10.0 Å². The van der Waals surface area contributed by atoms with Crippen molar-refractivity contribution >= 4 is 21.6 Å². The monoisotopic (exact) mass is 416 g/mol. The summed E-state index contributed by atoms with van der Waals surface area (Å²) in [5.41, 5.74) is 1.63. The van der Waals surface area contributed by atoms with Crippen molar-refractivity contribution in [2.24, 2.45) is 0 Å². The molecule has 156 valence electrons. The zero-order valence-electron chi connectivity index (χ0n) is 16.9. The molecule has 2 unspecified atom stereocenters. The number of amides is 1. The SMILES string of the molecule is CCC(C)c1ccc(S(=O)(=O)Nc2ccccc2C(=O)NCC2CCCO2)cc1. The van der Waals surface area contributed by atoms with E-state index in [0.717, 1.165) is 24.8 Å². The van der Waals surface area contributed by atoms with Crippen LogP contribution in [0.15, 0.2) is 53.4 Å². The number of hydrogen-bond acceptors (Lipinski definition) is 4. The Morgan fingerprint density at radius 1 is 1.17 bits per heavy atom. The van der Waals surface area contributed by atoms with E-state index in [-0.39, 0.29) is 28.2 Å². The first-order valence-electron chi connectivity index (χ1n) is 10.0. The van der Waals surface area contributed by atoms with Crippen molar-refractivity contribution in [1.82, 2.24) is 5.32 Å². The molecule has 2 aromatic rings. The zero-order valence-corrected chi connectivity index (χ0v) is 17.7. The number of sulfonamides is 1. The van der Waals surface area contributed by atoms with E-state index in [9.17, 15) is 13.2 Å². The van der Waals surface area contributed by atoms with Crippen molar-refractivity contribution in [3.63, 3.8) is 0 Å². The van der Waals surface area contributed by atoms with Gasteiger partial charge in [0.1, 0.15) is 0 Å². The molecule has 2 aromatic carbocycles. The Morgan fingerprint density at radius 3 is 2.55 bits per heavy atom. The first kappa shape index (κ1) is 21.3. The highest BCUT2D eigenvalue weighted by atomic mass is 32.2. The van der Waals surface area contributed by atoms with Crippen LogP contribution in [0.3, 0.4) is 0 Å². The predicted octanol–water partition coefficient (Wildman–Crippen LogP) is 3.91. The molecule has 2 N–H and O–H groups in total. The van der Waals surface area contributed by atoms with Gasteiger partial charge in [-0.25, -0.2) is 8.42 Å². The van der Waals surface area contributed by atoms with E-state index in [2.05, 4.69) is 23.9 Å². The Labute approximate surface area is 172 Å². The summed E-state index contributed by atoms with van der Waals surface area (Å²) in [6, 6.07) is 13.5. The van der Waals surface area contributed by atoms with Crippen molar-refractivity contribution < 1.29 is 17.9 Å². The summed E-state index contributed by atoms with van der Waals surface area (Å²) in [4.78, 5) is 12.8. The molecule has 0 radical (unpaired) electrons. The van der Waals surface area contributed by atoms with Crippen molar-refractivity contribution in [3.8, 4) is 0 Å². The Kier molecular flexibility index (Phi) is 6.92. The maximum absolute atomic E-state index is 12.8. The second-order valence-electron chi connectivity index (χ2n) is 7.37. The van der Waals surface area contributed by atoms with E-state index >= 15 is 0 Å². The summed E-state index contributed by atoms with van der Waals surface area (Å²) < 4.78 is 33.7. The molecule has 1 fully saturated rings. The van der Waals surface area contributed by atoms with Crippen LogP contribution in [0, 0.1) is 0 Å². The van der Waals surface area contributed by atoms with Crippen LogP contribution in [0.2, 0.25) is 0 Å². The molecule has 0 aromatic heterocycles. The minimum atomic E-state index is -3.80. The third kappa shape index (κ3) is 5.36. The first-order chi connectivity index (χ1) is 13.9. The molecule has 1 heterocycles. The number of benzene rings is 2. The molecule has 6 nitrogen and oxygen atoms in total. The van der Waals surface area contributed by atoms with Gasteiger partial charge in [-0.3, -0.25) is 9.52 Å². The summed E-state index contributed by atoms with van der Waals surface area (Å²) >= 11 is 0. The van der Waals surface area contributed by atoms with Gasteiger partial charge >= 0.3 is 0 Å². The van der Waals surface area contributed by atoms with Gasteiger partial charge in [-0.05, 0) is 55.0 Å². The molecular weight excluding hydrogens is 388 g/mol. The van der Waals surface area contributed by atoms with Gasteiger partial charge in [0.05, 0.1) is 22.3 Å². The van der Waals surface area contributed by atoms with E-state index in [1.165, 1.54) is 0 Å². The van der Waals surface area contributed by atoms with Crippen molar-refractivity contribution in [2.45, 2.75) is 50.0 Å². The van der Waals surface area contributed by atoms with Crippen LogP contribution in [0.4, 0.5) is 5.69 Å². The summed E-state index contributed by atoms with van der Waals surface area (Å²) in [6.45, 7) is 5.33. The maximum atomic E-state index is 12.8. The third-order valence-electron chi connectivity index (χ3n) is 5.30. The van der Waals surface area contributed by atoms with Crippen LogP contribution >= 0.6 is 0 Å². The molecule has 0 bridgehead atoms. The highest BCUT2D eigenvalue weighted by molar-refractivity contribution is 7.92. The fourth-order valence-corrected chi connectivity index (χ4v) is 4.37. The Balaban J connectivity index is 1.74. The van der Waals surface area contributed by atoms with Crippen LogP contribution < -0.4 is 10.0 Å². The smallest absolute Gasteiger partial charge is 0.261 e. The van der Waals surface area contributed by atoms with Crippen LogP contribution in [-0.4, -0.2) is 33.6 Å². The zero-order chi connectivity index (χ0) is 20.9. The van der Waals surface area contributed by atoms with Gasteiger partial charge < -0.3 is 10.1 Å². The summed E-state index contributed by atoms with van der Waals surface area (Å²) in [7, 11) is -3.80. The minimum Gasteiger partial charge on any atom is -0.376 e. The molecule has 1 aliphatic rings. The second-order valence-corrected chi connectivity index (χ2v) is 9.06. The third-order valence-corrected chi connectivity index (χ3v) is 6.68. The number of carbonyl (C=O) groups is 1. The molecule has 7 heteroatoms. The van der Waals surface area contributed by atoms with Crippen LogP contribution in [0.25, 0.3) is 0 Å². The molecule has 1 aliphatic heterocycles. The lowest BCUT2D eigenvalue weighted by Crippen LogP contribution is -2.32. The van der Waals surface area contributed by atoms with Gasteiger partial charge in [-0.1, -0.05) is 38.1 Å². The van der Waals surface area contributed by atoms with Gasteiger partial charge in [-0.15, -0.1) is 0 Å². The Hall–Kier alpha value is -2.38. The van der Waals surface area contributed by atoms with Gasteiger partial charge in [0.25, 0.3) is 15.9 Å². The van der Waals surface area contributed by atoms with Crippen LogP contribution in [0.1, 0.15) is 54.9 Å². The number of para-hydroxylation sites is 1. The number of hydrogen-bond donors (Lipinski definition) is 2. The van der Waals surface area contributed by atoms with E-state index in [4.69, 9.17) is 4.74 Å². The number of ether oxygens (including phenoxy) is 1. The summed E-state index contributed by atoms with van der Waals surface area (Å²) in [6.07, 6.45) is 2.92. The van der Waals surface area contributed by atoms with Crippen LogP contribution in [-0.2, 0) is 14.8 Å². The quantitative estimate of drug-likeness (QED) is 0.683. The van der Waals surface area contributed by atoms with Gasteiger partial charge in [0, 0.05) is 13.2 Å². The molecule has 3 rings (SSSR count). The molecule has 2 atom stereocenters. The highest BCUT2D eigenvalue weighted by Crippen LogP contribution is 2.23. The maximum Gasteiger partial charge on any atom is 0.261 e. The lowest BCUT2D eigenvalue weighted by atomic mass is 9.99. The molecule has 1 amide bonds. The number of rotatable bonds is 8. The largest absolute Gasteiger partial charge is 0.376 e. The first-order valence-corrected chi connectivity index (χ1v) is 11.5. The molecular formula is C22H28N2O4S. The van der Waals surface area contributed by atoms with E-state index in [1.807, 2.05) is 12.1 Å². The van der Waals surface area contributed by atoms with Crippen molar-refractivity contribution in [3.05, 3.63) is 59.7 Å². The fraction of sp³-hybridized carbons (Fsp3) is 0.409. The Morgan fingerprint density at radius 2 is 1.90 bits per heavy atom. The number of anilines is 1. The van der Waals surface area contributed by atoms with Gasteiger partial charge in [0.2, 0.25) is 0 Å². The standard InChI is InChI=1S/C22H28N2O4S/c1-3-16(2)17-10-12-19(13-11-17)29(26,27)24-21-9-5-4-8-20(21)22(25)23-15-18-7-6-14-28-18/h4-5,8-13,16,18,24H,3,6-7,14-15H2,1-2H3,(H,23,25). The molecule has 1 saturated heterocycles. The van der Waals surface area contributed by atoms with Crippen molar-refractivity contribution in [2.75, 3.05) is 17.9 Å². The average Bonchev–Trinajstić information content (AvgIpc) is 3.25. The van der Waals surface area contributed by atoms with Gasteiger partial charge in [0.15, 0.2) is 0 Å². The molecule has 0 saturated carbocycles. The normalized spacial score (nSPS) is 17.7. The molecule has 29 heavy (non-hydrogen) atoms. The second kappa shape index (κ2) is 9.41. The lowest BCUT2D eigenvalue weighted by Gasteiger charge is -2.15. The van der Waals surface area contributed by atoms with Crippen molar-refractivity contribution in [1.29, 1.82) is 0 Å². The molecule has 0 aliphatic carbocycles. The molecule has 0 spiro atoms. The fourth-order valence-electron chi connectivity index (χ4n) is 3.29. The lowest BCUT2D eigenvalue weighted by molar-refractivity contribution is 0.0858. The van der Waals surface area contributed by atoms with E-state index in [0.29, 0.717) is 19.1 Å². The number of carbonyl (C=O) groups excluding carboxylic acids is 1.